The van der Waals surface area contributed by atoms with Gasteiger partial charge in [-0.25, -0.2) is 8.42 Å². The van der Waals surface area contributed by atoms with Gasteiger partial charge in [0.25, 0.3) is 5.91 Å². The average Bonchev–Trinajstić information content (AvgIpc) is 3.27. The number of hydrogen-bond acceptors (Lipinski definition) is 5. The molecule has 0 N–H and O–H groups in total. The van der Waals surface area contributed by atoms with Crippen molar-refractivity contribution in [2.24, 2.45) is 0 Å². The molecule has 1 amide bonds. The minimum atomic E-state index is -3.07. The number of benzene rings is 1. The van der Waals surface area contributed by atoms with Gasteiger partial charge in [-0.1, -0.05) is 18.7 Å². The normalized spacial score (nSPS) is 18.4. The monoisotopic (exact) mass is 391 g/mol. The van der Waals surface area contributed by atoms with Gasteiger partial charge in [0.05, 0.1) is 18.1 Å². The van der Waals surface area contributed by atoms with E-state index in [9.17, 15) is 13.2 Å². The maximum absolute atomic E-state index is 13.1. The smallest absolute Gasteiger partial charge is 0.254 e. The van der Waals surface area contributed by atoms with Gasteiger partial charge in [0, 0.05) is 16.5 Å². The predicted octanol–water partition coefficient (Wildman–Crippen LogP) is 3.14. The van der Waals surface area contributed by atoms with Gasteiger partial charge in [-0.3, -0.25) is 4.79 Å². The number of rotatable bonds is 7. The van der Waals surface area contributed by atoms with Gasteiger partial charge in [0.2, 0.25) is 0 Å². The fourth-order valence-corrected chi connectivity index (χ4v) is 5.41. The molecule has 3 rings (SSSR count). The molecule has 1 aromatic heterocycles. The Bertz CT molecular complexity index is 857. The summed E-state index contributed by atoms with van der Waals surface area (Å²) in [5.74, 6) is 0.677. The van der Waals surface area contributed by atoms with Crippen LogP contribution in [0.4, 0.5) is 0 Å². The van der Waals surface area contributed by atoms with Gasteiger partial charge in [-0.15, -0.1) is 11.3 Å². The van der Waals surface area contributed by atoms with Crippen LogP contribution >= 0.6 is 11.3 Å². The van der Waals surface area contributed by atoms with E-state index in [0.29, 0.717) is 30.9 Å². The van der Waals surface area contributed by atoms with Gasteiger partial charge in [-0.05, 0) is 42.1 Å². The Morgan fingerprint density at radius 3 is 2.65 bits per heavy atom. The van der Waals surface area contributed by atoms with Gasteiger partial charge < -0.3 is 9.64 Å². The Balaban J connectivity index is 1.81. The molecule has 1 atom stereocenters. The molecule has 2 heterocycles. The third-order valence-corrected chi connectivity index (χ3v) is 6.90. The minimum Gasteiger partial charge on any atom is -0.490 e. The first-order valence-corrected chi connectivity index (χ1v) is 11.1. The average molecular weight is 392 g/mol. The second-order valence-electron chi connectivity index (χ2n) is 6.19. The molecular weight excluding hydrogens is 370 g/mol. The standard InChI is InChI=1S/C19H21NO4S2/c1-2-10-24-17-7-5-15(6-8-17)19(21)20(13-18-4-3-11-25-18)16-9-12-26(22,23)14-16/h2-8,11,16H,1,9-10,12-14H2/t16-/m1/s1. The van der Waals surface area contributed by atoms with Crippen molar-refractivity contribution in [2.75, 3.05) is 18.1 Å². The summed E-state index contributed by atoms with van der Waals surface area (Å²) in [6.45, 7) is 4.42. The summed E-state index contributed by atoms with van der Waals surface area (Å²) in [5, 5.41) is 1.95. The lowest BCUT2D eigenvalue weighted by molar-refractivity contribution is 0.0683. The van der Waals surface area contributed by atoms with Crippen LogP contribution in [-0.4, -0.2) is 43.4 Å². The lowest BCUT2D eigenvalue weighted by Crippen LogP contribution is -2.40. The maximum Gasteiger partial charge on any atom is 0.254 e. The molecule has 0 radical (unpaired) electrons. The predicted molar refractivity (Wildman–Crippen MR) is 103 cm³/mol. The van der Waals surface area contributed by atoms with E-state index in [1.165, 1.54) is 0 Å². The molecule has 0 unspecified atom stereocenters. The first-order chi connectivity index (χ1) is 12.5. The molecule has 0 aliphatic carbocycles. The molecule has 1 fully saturated rings. The van der Waals surface area contributed by atoms with E-state index >= 15 is 0 Å². The van der Waals surface area contributed by atoms with Crippen molar-refractivity contribution in [3.8, 4) is 5.75 Å². The van der Waals surface area contributed by atoms with Crippen LogP contribution in [0.2, 0.25) is 0 Å². The Kier molecular flexibility index (Phi) is 5.78. The van der Waals surface area contributed by atoms with Crippen LogP contribution in [0.3, 0.4) is 0 Å². The number of ether oxygens (including phenoxy) is 1. The van der Waals surface area contributed by atoms with E-state index in [-0.39, 0.29) is 23.5 Å². The number of sulfone groups is 1. The molecule has 1 aromatic carbocycles. The van der Waals surface area contributed by atoms with E-state index in [0.717, 1.165) is 4.88 Å². The largest absolute Gasteiger partial charge is 0.490 e. The maximum atomic E-state index is 13.1. The highest BCUT2D eigenvalue weighted by molar-refractivity contribution is 7.91. The Hall–Kier alpha value is -2.12. The zero-order valence-corrected chi connectivity index (χ0v) is 16.0. The zero-order chi connectivity index (χ0) is 18.6. The van der Waals surface area contributed by atoms with Crippen LogP contribution in [0.25, 0.3) is 0 Å². The number of amides is 1. The second-order valence-corrected chi connectivity index (χ2v) is 9.45. The summed E-state index contributed by atoms with van der Waals surface area (Å²) in [5.41, 5.74) is 0.525. The number of carbonyl (C=O) groups excluding carboxylic acids is 1. The highest BCUT2D eigenvalue weighted by Crippen LogP contribution is 2.24. The third-order valence-electron chi connectivity index (χ3n) is 4.29. The van der Waals surface area contributed by atoms with E-state index in [4.69, 9.17) is 4.74 Å². The van der Waals surface area contributed by atoms with Crippen molar-refractivity contribution in [1.29, 1.82) is 0 Å². The molecule has 138 valence electrons. The lowest BCUT2D eigenvalue weighted by Gasteiger charge is -2.28. The van der Waals surface area contributed by atoms with Crippen LogP contribution < -0.4 is 4.74 Å². The molecule has 26 heavy (non-hydrogen) atoms. The fraction of sp³-hybridized carbons (Fsp3) is 0.316. The fourth-order valence-electron chi connectivity index (χ4n) is 2.97. The SMILES string of the molecule is C=CCOc1ccc(C(=O)N(Cc2cccs2)[C@@H]2CCS(=O)(=O)C2)cc1. The first kappa shape index (κ1) is 18.7. The van der Waals surface area contributed by atoms with Crippen molar-refractivity contribution < 1.29 is 17.9 Å². The Morgan fingerprint density at radius 2 is 2.08 bits per heavy atom. The molecular formula is C19H21NO4S2. The lowest BCUT2D eigenvalue weighted by atomic mass is 10.1. The van der Waals surface area contributed by atoms with Crippen molar-refractivity contribution in [3.63, 3.8) is 0 Å². The van der Waals surface area contributed by atoms with Crippen molar-refractivity contribution >= 4 is 27.1 Å². The summed E-state index contributed by atoms with van der Waals surface area (Å²) >= 11 is 1.56. The van der Waals surface area contributed by atoms with Gasteiger partial charge in [-0.2, -0.15) is 0 Å². The molecule has 0 bridgehead atoms. The Morgan fingerprint density at radius 1 is 1.31 bits per heavy atom. The van der Waals surface area contributed by atoms with Gasteiger partial charge in [0.15, 0.2) is 9.84 Å². The van der Waals surface area contributed by atoms with Crippen molar-refractivity contribution in [2.45, 2.75) is 19.0 Å². The number of thiophene rings is 1. The summed E-state index contributed by atoms with van der Waals surface area (Å²) in [7, 11) is -3.07. The second kappa shape index (κ2) is 8.05. The highest BCUT2D eigenvalue weighted by Gasteiger charge is 2.35. The Labute approximate surface area is 157 Å². The van der Waals surface area contributed by atoms with E-state index in [1.807, 2.05) is 17.5 Å². The molecule has 0 saturated carbocycles. The molecule has 7 heteroatoms. The van der Waals surface area contributed by atoms with Crippen LogP contribution in [0.5, 0.6) is 5.75 Å². The van der Waals surface area contributed by atoms with E-state index in [1.54, 1.807) is 46.6 Å². The minimum absolute atomic E-state index is 0.0324. The van der Waals surface area contributed by atoms with Crippen molar-refractivity contribution in [1.82, 2.24) is 4.90 Å². The molecule has 1 aliphatic heterocycles. The van der Waals surface area contributed by atoms with Crippen molar-refractivity contribution in [3.05, 3.63) is 64.9 Å². The summed E-state index contributed by atoms with van der Waals surface area (Å²) in [4.78, 5) is 15.8. The molecule has 5 nitrogen and oxygen atoms in total. The molecule has 0 spiro atoms. The summed E-state index contributed by atoms with van der Waals surface area (Å²) in [6.07, 6.45) is 2.14. The van der Waals surface area contributed by atoms with Crippen LogP contribution in [0.15, 0.2) is 54.4 Å². The van der Waals surface area contributed by atoms with E-state index < -0.39 is 9.84 Å². The molecule has 1 saturated heterocycles. The molecule has 1 aliphatic rings. The topological polar surface area (TPSA) is 63.7 Å². The number of carbonyl (C=O) groups is 1. The number of nitrogens with zero attached hydrogens (tertiary/aromatic N) is 1. The summed E-state index contributed by atoms with van der Waals surface area (Å²) < 4.78 is 29.2. The summed E-state index contributed by atoms with van der Waals surface area (Å²) in [6, 6.07) is 10.5. The molecule has 2 aromatic rings. The highest BCUT2D eigenvalue weighted by atomic mass is 32.2. The zero-order valence-electron chi connectivity index (χ0n) is 14.3. The van der Waals surface area contributed by atoms with Gasteiger partial charge in [0.1, 0.15) is 12.4 Å². The van der Waals surface area contributed by atoms with Gasteiger partial charge >= 0.3 is 0 Å². The van der Waals surface area contributed by atoms with E-state index in [2.05, 4.69) is 6.58 Å². The van der Waals surface area contributed by atoms with Crippen LogP contribution in [0, 0.1) is 0 Å². The quantitative estimate of drug-likeness (QED) is 0.680. The number of hydrogen-bond donors (Lipinski definition) is 0. The third kappa shape index (κ3) is 4.53. The van der Waals surface area contributed by atoms with Crippen LogP contribution in [-0.2, 0) is 16.4 Å². The van der Waals surface area contributed by atoms with Crippen LogP contribution in [0.1, 0.15) is 21.7 Å². The first-order valence-electron chi connectivity index (χ1n) is 8.36.